The van der Waals surface area contributed by atoms with Gasteiger partial charge in [-0.3, -0.25) is 9.69 Å². The molecule has 42 heavy (non-hydrogen) atoms. The molecular weight excluding hydrogens is 531 g/mol. The highest BCUT2D eigenvalue weighted by molar-refractivity contribution is 5.70. The quantitative estimate of drug-likeness (QED) is 0.225. The van der Waals surface area contributed by atoms with Crippen molar-refractivity contribution in [2.75, 3.05) is 13.2 Å². The van der Waals surface area contributed by atoms with Gasteiger partial charge in [0.2, 0.25) is 5.88 Å². The van der Waals surface area contributed by atoms with Crippen LogP contribution in [0.3, 0.4) is 0 Å². The van der Waals surface area contributed by atoms with Crippen LogP contribution in [0.25, 0.3) is 11.1 Å². The summed E-state index contributed by atoms with van der Waals surface area (Å²) in [5.41, 5.74) is 5.59. The van der Waals surface area contributed by atoms with E-state index in [0.29, 0.717) is 30.9 Å². The second-order valence-corrected chi connectivity index (χ2v) is 11.9. The Bertz CT molecular complexity index is 1420. The van der Waals surface area contributed by atoms with Gasteiger partial charge < -0.3 is 14.6 Å². The molecule has 5 rings (SSSR count). The lowest BCUT2D eigenvalue weighted by Crippen LogP contribution is -2.37. The summed E-state index contributed by atoms with van der Waals surface area (Å²) < 4.78 is 28.2. The van der Waals surface area contributed by atoms with Crippen LogP contribution in [0.1, 0.15) is 88.2 Å². The number of halogens is 1. The number of nitrogens with zero attached hydrogens (tertiary/aromatic N) is 2. The summed E-state index contributed by atoms with van der Waals surface area (Å²) in [6, 6.07) is 13.4. The molecule has 1 aliphatic heterocycles. The number of hydrogen-bond donors (Lipinski definition) is 1. The van der Waals surface area contributed by atoms with E-state index in [1.807, 2.05) is 43.3 Å². The third kappa shape index (κ3) is 6.46. The van der Waals surface area contributed by atoms with Crippen LogP contribution >= 0.6 is 0 Å². The number of carbonyl (C=O) groups is 1. The Kier molecular flexibility index (Phi) is 9.16. The number of carboxylic acid groups (broad SMARTS) is 1. The number of benzene rings is 2. The Balaban J connectivity index is 1.51. The van der Waals surface area contributed by atoms with E-state index in [2.05, 4.69) is 23.7 Å². The molecule has 2 aromatic carbocycles. The van der Waals surface area contributed by atoms with E-state index in [1.54, 1.807) is 19.2 Å². The summed E-state index contributed by atoms with van der Waals surface area (Å²) in [7, 11) is 0. The first-order chi connectivity index (χ1) is 20.3. The molecule has 224 valence electrons. The molecule has 6 nitrogen and oxygen atoms in total. The smallest absolute Gasteiger partial charge is 0.306 e. The van der Waals surface area contributed by atoms with Crippen molar-refractivity contribution < 1.29 is 23.8 Å². The Hall–Kier alpha value is -3.45. The highest BCUT2D eigenvalue weighted by Gasteiger charge is 2.45. The van der Waals surface area contributed by atoms with E-state index in [0.717, 1.165) is 65.9 Å². The fourth-order valence-corrected chi connectivity index (χ4v) is 6.29. The van der Waals surface area contributed by atoms with Crippen molar-refractivity contribution >= 4 is 5.97 Å². The molecule has 0 amide bonds. The lowest BCUT2D eigenvalue weighted by Gasteiger charge is -2.33. The molecule has 0 bridgehead atoms. The number of fused-ring (bicyclic) bond motifs is 1. The number of ether oxygens (including phenoxy) is 2. The van der Waals surface area contributed by atoms with Gasteiger partial charge in [0.1, 0.15) is 17.7 Å². The number of rotatable bonds is 13. The minimum atomic E-state index is -0.822. The second kappa shape index (κ2) is 12.8. The largest absolute Gasteiger partial charge is 0.485 e. The Morgan fingerprint density at radius 3 is 2.69 bits per heavy atom. The van der Waals surface area contributed by atoms with Crippen LogP contribution in [0.15, 0.2) is 48.7 Å². The lowest BCUT2D eigenvalue weighted by molar-refractivity contribution is -0.141. The van der Waals surface area contributed by atoms with Gasteiger partial charge in [0.15, 0.2) is 0 Å². The molecule has 0 spiro atoms. The van der Waals surface area contributed by atoms with Gasteiger partial charge in [0, 0.05) is 29.9 Å². The van der Waals surface area contributed by atoms with E-state index in [1.165, 1.54) is 12.8 Å². The zero-order valence-corrected chi connectivity index (χ0v) is 25.3. The van der Waals surface area contributed by atoms with Crippen molar-refractivity contribution in [1.82, 2.24) is 9.88 Å². The Labute approximate surface area is 248 Å². The minimum Gasteiger partial charge on any atom is -0.485 e. The first-order valence-corrected chi connectivity index (χ1v) is 15.4. The molecule has 2 atom stereocenters. The topological polar surface area (TPSA) is 71.9 Å². The fraction of sp³-hybridized carbons (Fsp3) is 0.486. The number of aliphatic carboxylic acids is 1. The minimum absolute atomic E-state index is 0.223. The molecular formula is C35H43FN2O4. The molecule has 2 aliphatic rings. The van der Waals surface area contributed by atoms with Gasteiger partial charge in [-0.05, 0) is 110 Å². The SMILES string of the molecule is CCCN(Cc1cc(C2CCc3ccc(CC(C)C(=O)O)cc3O2)c(F)cc1-c1ccnc(OCC)c1)C1(CC)CC1. The van der Waals surface area contributed by atoms with Crippen molar-refractivity contribution in [1.29, 1.82) is 0 Å². The number of carboxylic acids is 1. The van der Waals surface area contributed by atoms with E-state index in [4.69, 9.17) is 9.47 Å². The van der Waals surface area contributed by atoms with Gasteiger partial charge >= 0.3 is 5.97 Å². The van der Waals surface area contributed by atoms with Crippen LogP contribution < -0.4 is 9.47 Å². The lowest BCUT2D eigenvalue weighted by atomic mass is 9.91. The molecule has 1 N–H and O–H groups in total. The summed E-state index contributed by atoms with van der Waals surface area (Å²) in [6.07, 6.45) is 7.72. The second-order valence-electron chi connectivity index (χ2n) is 11.9. The maximum atomic E-state index is 16.1. The van der Waals surface area contributed by atoms with Crippen molar-refractivity contribution in [2.45, 2.75) is 90.8 Å². The predicted octanol–water partition coefficient (Wildman–Crippen LogP) is 7.77. The van der Waals surface area contributed by atoms with E-state index in [9.17, 15) is 9.90 Å². The molecule has 1 aliphatic carbocycles. The van der Waals surface area contributed by atoms with Gasteiger partial charge in [-0.1, -0.05) is 32.9 Å². The summed E-state index contributed by atoms with van der Waals surface area (Å²) in [5, 5.41) is 9.35. The molecule has 1 fully saturated rings. The van der Waals surface area contributed by atoms with Crippen molar-refractivity contribution in [2.24, 2.45) is 5.92 Å². The van der Waals surface area contributed by atoms with Crippen LogP contribution in [0.2, 0.25) is 0 Å². The maximum Gasteiger partial charge on any atom is 0.306 e. The third-order valence-electron chi connectivity index (χ3n) is 8.96. The molecule has 2 unspecified atom stereocenters. The highest BCUT2D eigenvalue weighted by atomic mass is 19.1. The van der Waals surface area contributed by atoms with Crippen LogP contribution in [0.5, 0.6) is 11.6 Å². The highest BCUT2D eigenvalue weighted by Crippen LogP contribution is 2.46. The van der Waals surface area contributed by atoms with Crippen LogP contribution in [0.4, 0.5) is 4.39 Å². The molecule has 7 heteroatoms. The van der Waals surface area contributed by atoms with Gasteiger partial charge in [-0.25, -0.2) is 9.37 Å². The molecule has 1 aromatic heterocycles. The Morgan fingerprint density at radius 2 is 2.00 bits per heavy atom. The Morgan fingerprint density at radius 1 is 1.19 bits per heavy atom. The zero-order chi connectivity index (χ0) is 29.9. The average molecular weight is 575 g/mol. The van der Waals surface area contributed by atoms with Crippen molar-refractivity contribution in [3.8, 4) is 22.8 Å². The molecule has 0 radical (unpaired) electrons. The molecule has 2 heterocycles. The number of aryl methyl sites for hydroxylation is 1. The fourth-order valence-electron chi connectivity index (χ4n) is 6.29. The van der Waals surface area contributed by atoms with Crippen LogP contribution in [0, 0.1) is 11.7 Å². The van der Waals surface area contributed by atoms with E-state index < -0.39 is 18.0 Å². The summed E-state index contributed by atoms with van der Waals surface area (Å²) in [4.78, 5) is 18.3. The van der Waals surface area contributed by atoms with E-state index in [-0.39, 0.29) is 11.4 Å². The number of pyridine rings is 1. The first kappa shape index (κ1) is 30.0. The third-order valence-corrected chi connectivity index (χ3v) is 8.96. The zero-order valence-electron chi connectivity index (χ0n) is 25.3. The first-order valence-electron chi connectivity index (χ1n) is 15.4. The molecule has 3 aromatic rings. The van der Waals surface area contributed by atoms with Gasteiger partial charge in [0.05, 0.1) is 12.5 Å². The van der Waals surface area contributed by atoms with E-state index >= 15 is 4.39 Å². The maximum absolute atomic E-state index is 16.1. The van der Waals surface area contributed by atoms with Gasteiger partial charge in [0.25, 0.3) is 0 Å². The van der Waals surface area contributed by atoms with Gasteiger partial charge in [-0.15, -0.1) is 0 Å². The summed E-state index contributed by atoms with van der Waals surface area (Å²) >= 11 is 0. The van der Waals surface area contributed by atoms with Gasteiger partial charge in [-0.2, -0.15) is 0 Å². The average Bonchev–Trinajstić information content (AvgIpc) is 3.79. The molecule has 0 saturated heterocycles. The van der Waals surface area contributed by atoms with Crippen molar-refractivity contribution in [3.63, 3.8) is 0 Å². The number of hydrogen-bond acceptors (Lipinski definition) is 5. The summed E-state index contributed by atoms with van der Waals surface area (Å²) in [5.74, 6) is -0.348. The van der Waals surface area contributed by atoms with Crippen molar-refractivity contribution in [3.05, 3.63) is 76.7 Å². The monoisotopic (exact) mass is 574 g/mol. The number of aromatic nitrogens is 1. The standard InChI is InChI=1S/C35H43FN2O4/c1-5-16-38(35(6-2)13-14-35)22-27-19-29(30(36)21-28(27)26-12-15-37-33(20-26)41-7-3)31-11-10-25-9-8-24(18-32(25)42-31)17-23(4)34(39)40/h8-9,12,15,18-21,23,31H,5-7,10-11,13-14,16-17,22H2,1-4H3,(H,39,40). The molecule has 1 saturated carbocycles. The normalized spacial score (nSPS) is 17.8. The van der Waals surface area contributed by atoms with Crippen LogP contribution in [-0.2, 0) is 24.2 Å². The predicted molar refractivity (Wildman–Crippen MR) is 162 cm³/mol. The summed E-state index contributed by atoms with van der Waals surface area (Å²) in [6.45, 7) is 10.3. The van der Waals surface area contributed by atoms with Crippen LogP contribution in [-0.4, -0.2) is 39.7 Å².